The molecule has 3 heteroatoms. The summed E-state index contributed by atoms with van der Waals surface area (Å²) in [6.45, 7) is 8.75. The summed E-state index contributed by atoms with van der Waals surface area (Å²) in [5, 5.41) is 4.79. The van der Waals surface area contributed by atoms with Crippen LogP contribution in [0, 0.1) is 0 Å². The van der Waals surface area contributed by atoms with E-state index in [4.69, 9.17) is 4.98 Å². The van der Waals surface area contributed by atoms with Gasteiger partial charge in [0.15, 0.2) is 0 Å². The van der Waals surface area contributed by atoms with Crippen LogP contribution in [-0.4, -0.2) is 11.5 Å². The van der Waals surface area contributed by atoms with Gasteiger partial charge in [-0.2, -0.15) is 0 Å². The van der Waals surface area contributed by atoms with Gasteiger partial charge < -0.3 is 5.32 Å². The fraction of sp³-hybridized carbons (Fsp3) is 0.769. The molecule has 0 saturated heterocycles. The second kappa shape index (κ2) is 7.80. The summed E-state index contributed by atoms with van der Waals surface area (Å²) < 4.78 is 0. The molecule has 2 nitrogen and oxygen atoms in total. The quantitative estimate of drug-likeness (QED) is 0.703. The second-order valence-electron chi connectivity index (χ2n) is 4.15. The summed E-state index contributed by atoms with van der Waals surface area (Å²) >= 11 is 1.90. The first-order valence-electron chi connectivity index (χ1n) is 6.49. The lowest BCUT2D eigenvalue weighted by Gasteiger charge is -2.02. The fourth-order valence-corrected chi connectivity index (χ4v) is 2.89. The van der Waals surface area contributed by atoms with Gasteiger partial charge in [0.1, 0.15) is 0 Å². The van der Waals surface area contributed by atoms with Gasteiger partial charge in [0.25, 0.3) is 0 Å². The third-order valence-electron chi connectivity index (χ3n) is 2.49. The predicted octanol–water partition coefficient (Wildman–Crippen LogP) is 3.55. The fourth-order valence-electron chi connectivity index (χ4n) is 1.71. The van der Waals surface area contributed by atoms with Crippen LogP contribution >= 0.6 is 11.3 Å². The van der Waals surface area contributed by atoms with E-state index in [1.165, 1.54) is 34.8 Å². The van der Waals surface area contributed by atoms with Crippen molar-refractivity contribution in [1.29, 1.82) is 0 Å². The standard InChI is InChI=1S/C13H24N2S/c1-4-7-11-12(10-14-9-6-3)16-13(15-11)8-5-2/h14H,4-10H2,1-3H3. The van der Waals surface area contributed by atoms with E-state index in [0.29, 0.717) is 0 Å². The summed E-state index contributed by atoms with van der Waals surface area (Å²) in [6, 6.07) is 0. The first-order chi connectivity index (χ1) is 7.81. The largest absolute Gasteiger partial charge is 0.312 e. The molecule has 0 aromatic carbocycles. The van der Waals surface area contributed by atoms with Crippen molar-refractivity contribution in [1.82, 2.24) is 10.3 Å². The molecule has 0 amide bonds. The molecule has 1 heterocycles. The molecule has 0 unspecified atom stereocenters. The van der Waals surface area contributed by atoms with E-state index in [2.05, 4.69) is 26.1 Å². The number of aromatic nitrogens is 1. The highest BCUT2D eigenvalue weighted by atomic mass is 32.1. The molecular weight excluding hydrogens is 216 g/mol. The number of hydrogen-bond donors (Lipinski definition) is 1. The van der Waals surface area contributed by atoms with Crippen LogP contribution in [0.4, 0.5) is 0 Å². The van der Waals surface area contributed by atoms with Crippen LogP contribution in [0.15, 0.2) is 0 Å². The predicted molar refractivity (Wildman–Crippen MR) is 72.1 cm³/mol. The Morgan fingerprint density at radius 2 is 1.81 bits per heavy atom. The van der Waals surface area contributed by atoms with Crippen molar-refractivity contribution in [2.24, 2.45) is 0 Å². The highest BCUT2D eigenvalue weighted by Gasteiger charge is 2.09. The van der Waals surface area contributed by atoms with E-state index in [9.17, 15) is 0 Å². The Morgan fingerprint density at radius 1 is 1.06 bits per heavy atom. The molecule has 0 aliphatic carbocycles. The first kappa shape index (κ1) is 13.7. The molecule has 92 valence electrons. The van der Waals surface area contributed by atoms with Gasteiger partial charge in [-0.25, -0.2) is 4.98 Å². The number of nitrogens with one attached hydrogen (secondary N) is 1. The SMILES string of the molecule is CCCNCc1sc(CCC)nc1CCC. The monoisotopic (exact) mass is 240 g/mol. The van der Waals surface area contributed by atoms with Crippen LogP contribution in [0.3, 0.4) is 0 Å². The van der Waals surface area contributed by atoms with Crippen LogP contribution < -0.4 is 5.32 Å². The van der Waals surface area contributed by atoms with Gasteiger partial charge in [-0.15, -0.1) is 11.3 Å². The number of nitrogens with zero attached hydrogens (tertiary/aromatic N) is 1. The maximum absolute atomic E-state index is 4.75. The Bertz CT molecular complexity index is 294. The summed E-state index contributed by atoms with van der Waals surface area (Å²) in [4.78, 5) is 6.20. The van der Waals surface area contributed by atoms with E-state index < -0.39 is 0 Å². The van der Waals surface area contributed by atoms with Gasteiger partial charge in [0.2, 0.25) is 0 Å². The molecule has 1 rings (SSSR count). The van der Waals surface area contributed by atoms with Gasteiger partial charge in [-0.05, 0) is 32.2 Å². The molecule has 1 aromatic rings. The van der Waals surface area contributed by atoms with Crippen LogP contribution in [0.5, 0.6) is 0 Å². The van der Waals surface area contributed by atoms with Gasteiger partial charge in [0, 0.05) is 11.4 Å². The Kier molecular flexibility index (Phi) is 6.65. The molecule has 0 spiro atoms. The zero-order valence-corrected chi connectivity index (χ0v) is 11.6. The molecular formula is C13H24N2S. The lowest BCUT2D eigenvalue weighted by Crippen LogP contribution is -2.13. The Hall–Kier alpha value is -0.410. The zero-order chi connectivity index (χ0) is 11.8. The molecule has 0 radical (unpaired) electrons. The average molecular weight is 240 g/mol. The highest BCUT2D eigenvalue weighted by molar-refractivity contribution is 7.11. The van der Waals surface area contributed by atoms with Crippen molar-refractivity contribution >= 4 is 11.3 Å². The Labute approximate surface area is 103 Å². The normalized spacial score (nSPS) is 10.9. The van der Waals surface area contributed by atoms with Crippen LogP contribution in [0.2, 0.25) is 0 Å². The minimum atomic E-state index is 1.00. The lowest BCUT2D eigenvalue weighted by molar-refractivity contribution is 0.674. The third kappa shape index (κ3) is 4.22. The summed E-state index contributed by atoms with van der Waals surface area (Å²) in [6.07, 6.45) is 5.85. The van der Waals surface area contributed by atoms with E-state index in [1.807, 2.05) is 11.3 Å². The van der Waals surface area contributed by atoms with Crippen molar-refractivity contribution in [3.8, 4) is 0 Å². The highest BCUT2D eigenvalue weighted by Crippen LogP contribution is 2.21. The zero-order valence-electron chi connectivity index (χ0n) is 10.8. The molecule has 0 aliphatic heterocycles. The molecule has 0 saturated carbocycles. The molecule has 0 bridgehead atoms. The van der Waals surface area contributed by atoms with E-state index in [1.54, 1.807) is 0 Å². The summed E-state index contributed by atoms with van der Waals surface area (Å²) in [7, 11) is 0. The minimum Gasteiger partial charge on any atom is -0.312 e. The molecule has 0 aliphatic rings. The molecule has 0 fully saturated rings. The smallest absolute Gasteiger partial charge is 0.0931 e. The minimum absolute atomic E-state index is 1.00. The van der Waals surface area contributed by atoms with Gasteiger partial charge in [0.05, 0.1) is 10.7 Å². The van der Waals surface area contributed by atoms with E-state index in [0.717, 1.165) is 25.9 Å². The molecule has 0 atom stereocenters. The Balaban J connectivity index is 2.62. The van der Waals surface area contributed by atoms with Crippen molar-refractivity contribution in [2.75, 3.05) is 6.54 Å². The van der Waals surface area contributed by atoms with Crippen molar-refractivity contribution in [3.05, 3.63) is 15.6 Å². The first-order valence-corrected chi connectivity index (χ1v) is 7.31. The maximum atomic E-state index is 4.75. The van der Waals surface area contributed by atoms with Crippen molar-refractivity contribution in [3.63, 3.8) is 0 Å². The van der Waals surface area contributed by atoms with E-state index in [-0.39, 0.29) is 0 Å². The number of aryl methyl sites for hydroxylation is 2. The summed E-state index contributed by atoms with van der Waals surface area (Å²) in [5.74, 6) is 0. The summed E-state index contributed by atoms with van der Waals surface area (Å²) in [5.41, 5.74) is 1.33. The maximum Gasteiger partial charge on any atom is 0.0931 e. The number of hydrogen-bond acceptors (Lipinski definition) is 3. The van der Waals surface area contributed by atoms with Gasteiger partial charge in [-0.3, -0.25) is 0 Å². The van der Waals surface area contributed by atoms with Crippen molar-refractivity contribution < 1.29 is 0 Å². The average Bonchev–Trinajstić information content (AvgIpc) is 2.63. The Morgan fingerprint density at radius 3 is 2.44 bits per heavy atom. The second-order valence-corrected chi connectivity index (χ2v) is 5.32. The van der Waals surface area contributed by atoms with E-state index >= 15 is 0 Å². The van der Waals surface area contributed by atoms with Gasteiger partial charge >= 0.3 is 0 Å². The van der Waals surface area contributed by atoms with Crippen LogP contribution in [-0.2, 0) is 19.4 Å². The topological polar surface area (TPSA) is 24.9 Å². The van der Waals surface area contributed by atoms with Crippen LogP contribution in [0.1, 0.15) is 55.6 Å². The molecule has 1 aromatic heterocycles. The molecule has 1 N–H and O–H groups in total. The van der Waals surface area contributed by atoms with Crippen molar-refractivity contribution in [2.45, 2.75) is 59.4 Å². The lowest BCUT2D eigenvalue weighted by atomic mass is 10.2. The molecule has 16 heavy (non-hydrogen) atoms. The number of rotatable bonds is 8. The number of thiazole rings is 1. The van der Waals surface area contributed by atoms with Gasteiger partial charge in [-0.1, -0.05) is 27.2 Å². The van der Waals surface area contributed by atoms with Crippen LogP contribution in [0.25, 0.3) is 0 Å². The third-order valence-corrected chi connectivity index (χ3v) is 3.64.